The van der Waals surface area contributed by atoms with Crippen LogP contribution >= 0.6 is 0 Å². The number of aromatic hydroxyl groups is 1. The van der Waals surface area contributed by atoms with Crippen LogP contribution in [0, 0.1) is 0 Å². The summed E-state index contributed by atoms with van der Waals surface area (Å²) in [5.41, 5.74) is 1.81. The zero-order valence-corrected chi connectivity index (χ0v) is 11.4. The second kappa shape index (κ2) is 6.98. The van der Waals surface area contributed by atoms with E-state index in [0.717, 1.165) is 29.9 Å². The van der Waals surface area contributed by atoms with E-state index in [0.29, 0.717) is 0 Å². The van der Waals surface area contributed by atoms with Crippen LogP contribution in [-0.2, 0) is 6.42 Å². The lowest BCUT2D eigenvalue weighted by Crippen LogP contribution is -1.83. The van der Waals surface area contributed by atoms with E-state index in [4.69, 9.17) is 4.52 Å². The summed E-state index contributed by atoms with van der Waals surface area (Å²) in [6, 6.07) is 9.01. The van der Waals surface area contributed by atoms with Gasteiger partial charge in [0.15, 0.2) is 0 Å². The second-order valence-electron chi connectivity index (χ2n) is 4.89. The van der Waals surface area contributed by atoms with Gasteiger partial charge in [-0.15, -0.1) is 0 Å². The summed E-state index contributed by atoms with van der Waals surface area (Å²) in [7, 11) is 0. The van der Waals surface area contributed by atoms with E-state index >= 15 is 0 Å². The van der Waals surface area contributed by atoms with E-state index in [1.54, 1.807) is 12.1 Å². The molecule has 0 aliphatic carbocycles. The number of aromatic nitrogens is 1. The maximum Gasteiger partial charge on any atom is 0.137 e. The molecule has 1 aromatic heterocycles. The van der Waals surface area contributed by atoms with Crippen LogP contribution in [0.25, 0.3) is 11.3 Å². The molecule has 0 amide bonds. The predicted molar refractivity (Wildman–Crippen MR) is 76.1 cm³/mol. The van der Waals surface area contributed by atoms with Crippen LogP contribution in [0.15, 0.2) is 34.9 Å². The largest absolute Gasteiger partial charge is 0.508 e. The molecule has 0 aliphatic heterocycles. The fraction of sp³-hybridized carbons (Fsp3) is 0.438. The van der Waals surface area contributed by atoms with Crippen molar-refractivity contribution in [3.8, 4) is 17.0 Å². The van der Waals surface area contributed by atoms with Gasteiger partial charge in [-0.25, -0.2) is 0 Å². The third-order valence-electron chi connectivity index (χ3n) is 3.25. The number of benzene rings is 1. The fourth-order valence-electron chi connectivity index (χ4n) is 2.10. The maximum atomic E-state index is 9.25. The summed E-state index contributed by atoms with van der Waals surface area (Å²) < 4.78 is 5.34. The summed E-state index contributed by atoms with van der Waals surface area (Å²) in [4.78, 5) is 0. The van der Waals surface area contributed by atoms with Gasteiger partial charge >= 0.3 is 0 Å². The van der Waals surface area contributed by atoms with Gasteiger partial charge < -0.3 is 9.63 Å². The van der Waals surface area contributed by atoms with Crippen LogP contribution in [0.3, 0.4) is 0 Å². The lowest BCUT2D eigenvalue weighted by molar-refractivity contribution is 0.380. The molecule has 1 N–H and O–H groups in total. The molecule has 0 saturated heterocycles. The standard InChI is InChI=1S/C16H21NO2/c1-2-3-4-5-6-7-15-12-16(17-19-15)13-8-10-14(18)11-9-13/h8-12,18H,2-7H2,1H3. The summed E-state index contributed by atoms with van der Waals surface area (Å²) in [5, 5.41) is 13.3. The molecule has 1 heterocycles. The highest BCUT2D eigenvalue weighted by atomic mass is 16.5. The van der Waals surface area contributed by atoms with Crippen molar-refractivity contribution in [3.63, 3.8) is 0 Å². The molecule has 0 spiro atoms. The molecule has 1 aromatic carbocycles. The van der Waals surface area contributed by atoms with Crippen LogP contribution in [-0.4, -0.2) is 10.3 Å². The molecule has 0 unspecified atom stereocenters. The Labute approximate surface area is 114 Å². The minimum atomic E-state index is 0.267. The average molecular weight is 259 g/mol. The van der Waals surface area contributed by atoms with Crippen molar-refractivity contribution in [2.45, 2.75) is 45.4 Å². The number of nitrogens with zero attached hydrogens (tertiary/aromatic N) is 1. The molecule has 0 aliphatic rings. The number of hydrogen-bond donors (Lipinski definition) is 1. The van der Waals surface area contributed by atoms with Crippen molar-refractivity contribution in [2.24, 2.45) is 0 Å². The van der Waals surface area contributed by atoms with Gasteiger partial charge in [-0.1, -0.05) is 37.8 Å². The van der Waals surface area contributed by atoms with Crippen molar-refractivity contribution < 1.29 is 9.63 Å². The topological polar surface area (TPSA) is 46.3 Å². The van der Waals surface area contributed by atoms with Crippen LogP contribution in [0.4, 0.5) is 0 Å². The zero-order chi connectivity index (χ0) is 13.5. The highest BCUT2D eigenvalue weighted by Crippen LogP contribution is 2.22. The van der Waals surface area contributed by atoms with Gasteiger partial charge in [0.05, 0.1) is 0 Å². The predicted octanol–water partition coefficient (Wildman–Crippen LogP) is 4.56. The van der Waals surface area contributed by atoms with Crippen LogP contribution < -0.4 is 0 Å². The van der Waals surface area contributed by atoms with E-state index in [1.165, 1.54) is 25.7 Å². The Morgan fingerprint density at radius 3 is 2.53 bits per heavy atom. The first-order valence-electron chi connectivity index (χ1n) is 7.04. The molecule has 3 nitrogen and oxygen atoms in total. The van der Waals surface area contributed by atoms with E-state index in [-0.39, 0.29) is 5.75 Å². The Bertz CT molecular complexity index is 488. The van der Waals surface area contributed by atoms with Gasteiger partial charge in [0.25, 0.3) is 0 Å². The number of phenols is 1. The Morgan fingerprint density at radius 2 is 1.79 bits per heavy atom. The Morgan fingerprint density at radius 1 is 1.05 bits per heavy atom. The summed E-state index contributed by atoms with van der Waals surface area (Å²) in [6.07, 6.45) is 7.25. The van der Waals surface area contributed by atoms with Crippen LogP contribution in [0.5, 0.6) is 5.75 Å². The van der Waals surface area contributed by atoms with E-state index in [1.807, 2.05) is 18.2 Å². The molecular weight excluding hydrogens is 238 g/mol. The third-order valence-corrected chi connectivity index (χ3v) is 3.25. The third kappa shape index (κ3) is 4.12. The van der Waals surface area contributed by atoms with Crippen molar-refractivity contribution in [1.82, 2.24) is 5.16 Å². The molecule has 0 atom stereocenters. The highest BCUT2D eigenvalue weighted by Gasteiger charge is 2.06. The molecule has 2 rings (SSSR count). The molecule has 3 heteroatoms. The summed E-state index contributed by atoms with van der Waals surface area (Å²) in [5.74, 6) is 1.21. The Balaban J connectivity index is 1.86. The van der Waals surface area contributed by atoms with E-state index in [9.17, 15) is 5.11 Å². The van der Waals surface area contributed by atoms with Crippen molar-refractivity contribution in [2.75, 3.05) is 0 Å². The molecule has 2 aromatic rings. The van der Waals surface area contributed by atoms with E-state index < -0.39 is 0 Å². The SMILES string of the molecule is CCCCCCCc1cc(-c2ccc(O)cc2)no1. The fourth-order valence-corrected chi connectivity index (χ4v) is 2.10. The number of phenolic OH excluding ortho intramolecular Hbond substituents is 1. The Kier molecular flexibility index (Phi) is 5.01. The number of unbranched alkanes of at least 4 members (excludes halogenated alkanes) is 4. The van der Waals surface area contributed by atoms with Gasteiger partial charge in [0, 0.05) is 18.1 Å². The second-order valence-corrected chi connectivity index (χ2v) is 4.89. The van der Waals surface area contributed by atoms with Gasteiger partial charge in [-0.3, -0.25) is 0 Å². The van der Waals surface area contributed by atoms with Gasteiger partial charge in [-0.2, -0.15) is 0 Å². The van der Waals surface area contributed by atoms with Crippen LogP contribution in [0.2, 0.25) is 0 Å². The summed E-state index contributed by atoms with van der Waals surface area (Å²) in [6.45, 7) is 2.22. The molecule has 102 valence electrons. The highest BCUT2D eigenvalue weighted by molar-refractivity contribution is 5.59. The van der Waals surface area contributed by atoms with Crippen molar-refractivity contribution in [3.05, 3.63) is 36.1 Å². The molecule has 0 radical (unpaired) electrons. The maximum absolute atomic E-state index is 9.25. The number of aryl methyl sites for hydroxylation is 1. The van der Waals surface area contributed by atoms with Gasteiger partial charge in [0.2, 0.25) is 0 Å². The molecule has 0 bridgehead atoms. The number of hydrogen-bond acceptors (Lipinski definition) is 3. The number of rotatable bonds is 7. The molecular formula is C16H21NO2. The van der Waals surface area contributed by atoms with Crippen LogP contribution in [0.1, 0.15) is 44.8 Å². The minimum Gasteiger partial charge on any atom is -0.508 e. The van der Waals surface area contributed by atoms with Crippen molar-refractivity contribution in [1.29, 1.82) is 0 Å². The lowest BCUT2D eigenvalue weighted by atomic mass is 10.1. The average Bonchev–Trinajstić information content (AvgIpc) is 2.88. The lowest BCUT2D eigenvalue weighted by Gasteiger charge is -1.96. The zero-order valence-electron chi connectivity index (χ0n) is 11.4. The first-order chi connectivity index (χ1) is 9.29. The monoisotopic (exact) mass is 259 g/mol. The van der Waals surface area contributed by atoms with Gasteiger partial charge in [0.1, 0.15) is 17.2 Å². The molecule has 0 saturated carbocycles. The Hall–Kier alpha value is -1.77. The minimum absolute atomic E-state index is 0.267. The molecule has 19 heavy (non-hydrogen) atoms. The first kappa shape index (κ1) is 13.7. The van der Waals surface area contributed by atoms with Gasteiger partial charge in [-0.05, 0) is 30.7 Å². The summed E-state index contributed by atoms with van der Waals surface area (Å²) >= 11 is 0. The smallest absolute Gasteiger partial charge is 0.137 e. The van der Waals surface area contributed by atoms with E-state index in [2.05, 4.69) is 12.1 Å². The normalized spacial score (nSPS) is 10.8. The van der Waals surface area contributed by atoms with Crippen molar-refractivity contribution >= 4 is 0 Å². The molecule has 0 fully saturated rings. The quantitative estimate of drug-likeness (QED) is 0.741. The first-order valence-corrected chi connectivity index (χ1v) is 7.04.